The van der Waals surface area contributed by atoms with Gasteiger partial charge in [0.1, 0.15) is 0 Å². The van der Waals surface area contributed by atoms with Crippen molar-refractivity contribution in [1.29, 1.82) is 0 Å². The Hall–Kier alpha value is -3.44. The third kappa shape index (κ3) is 5.30. The summed E-state index contributed by atoms with van der Waals surface area (Å²) in [5, 5.41) is 3.16. The standard InChI is InChI=1S/C23H18ClNO4/c1-15-6-12-18(13-7-15)25-21(26)14-29-23(28)20-5-3-2-4-19(20)22(27)16-8-10-17(24)11-9-16/h2-13H,14H2,1H3,(H,25,26). The predicted octanol–water partition coefficient (Wildman–Crippen LogP) is 4.67. The Morgan fingerprint density at radius 1 is 0.862 bits per heavy atom. The zero-order valence-corrected chi connectivity index (χ0v) is 16.4. The lowest BCUT2D eigenvalue weighted by atomic mass is 9.98. The lowest BCUT2D eigenvalue weighted by Crippen LogP contribution is -2.22. The molecule has 0 radical (unpaired) electrons. The molecule has 0 saturated carbocycles. The fourth-order valence-corrected chi connectivity index (χ4v) is 2.78. The van der Waals surface area contributed by atoms with Crippen molar-refractivity contribution in [2.24, 2.45) is 0 Å². The Morgan fingerprint density at radius 2 is 1.48 bits per heavy atom. The number of aryl methyl sites for hydroxylation is 1. The van der Waals surface area contributed by atoms with E-state index in [0.717, 1.165) is 5.56 Å². The van der Waals surface area contributed by atoms with Crippen molar-refractivity contribution in [2.45, 2.75) is 6.92 Å². The van der Waals surface area contributed by atoms with Gasteiger partial charge in [-0.1, -0.05) is 47.5 Å². The number of ketones is 1. The number of anilines is 1. The molecule has 0 unspecified atom stereocenters. The van der Waals surface area contributed by atoms with Crippen LogP contribution in [-0.4, -0.2) is 24.3 Å². The van der Waals surface area contributed by atoms with E-state index >= 15 is 0 Å². The zero-order valence-electron chi connectivity index (χ0n) is 15.6. The summed E-state index contributed by atoms with van der Waals surface area (Å²) in [6.07, 6.45) is 0. The topological polar surface area (TPSA) is 72.5 Å². The van der Waals surface area contributed by atoms with Gasteiger partial charge in [0.05, 0.1) is 5.56 Å². The maximum atomic E-state index is 12.8. The molecule has 0 bridgehead atoms. The first kappa shape index (κ1) is 20.3. The molecule has 0 aliphatic carbocycles. The molecule has 1 N–H and O–H groups in total. The van der Waals surface area contributed by atoms with Gasteiger partial charge in [0, 0.05) is 21.8 Å². The summed E-state index contributed by atoms with van der Waals surface area (Å²) in [7, 11) is 0. The van der Waals surface area contributed by atoms with Gasteiger partial charge in [-0.2, -0.15) is 0 Å². The summed E-state index contributed by atoms with van der Waals surface area (Å²) in [6, 6.07) is 19.9. The lowest BCUT2D eigenvalue weighted by molar-refractivity contribution is -0.119. The molecule has 146 valence electrons. The van der Waals surface area contributed by atoms with E-state index in [2.05, 4.69) is 5.32 Å². The predicted molar refractivity (Wildman–Crippen MR) is 111 cm³/mol. The summed E-state index contributed by atoms with van der Waals surface area (Å²) in [6.45, 7) is 1.48. The van der Waals surface area contributed by atoms with E-state index < -0.39 is 18.5 Å². The highest BCUT2D eigenvalue weighted by molar-refractivity contribution is 6.30. The molecule has 0 spiro atoms. The number of esters is 1. The van der Waals surface area contributed by atoms with Gasteiger partial charge in [-0.25, -0.2) is 4.79 Å². The number of hydrogen-bond donors (Lipinski definition) is 1. The number of halogens is 1. The van der Waals surface area contributed by atoms with Crippen LogP contribution in [0.25, 0.3) is 0 Å². The van der Waals surface area contributed by atoms with Gasteiger partial charge in [-0.3, -0.25) is 9.59 Å². The Balaban J connectivity index is 1.68. The quantitative estimate of drug-likeness (QED) is 0.476. The lowest BCUT2D eigenvalue weighted by Gasteiger charge is -2.10. The number of carbonyl (C=O) groups excluding carboxylic acids is 3. The van der Waals surface area contributed by atoms with Crippen molar-refractivity contribution in [2.75, 3.05) is 11.9 Å². The van der Waals surface area contributed by atoms with E-state index in [1.54, 1.807) is 54.6 Å². The van der Waals surface area contributed by atoms with E-state index in [-0.39, 0.29) is 16.9 Å². The van der Waals surface area contributed by atoms with E-state index in [1.165, 1.54) is 6.07 Å². The van der Waals surface area contributed by atoms with Crippen LogP contribution < -0.4 is 5.32 Å². The Bertz CT molecular complexity index is 1040. The number of benzene rings is 3. The van der Waals surface area contributed by atoms with Crippen molar-refractivity contribution in [3.63, 3.8) is 0 Å². The van der Waals surface area contributed by atoms with Crippen molar-refractivity contribution >= 4 is 34.9 Å². The molecular formula is C23H18ClNO4. The van der Waals surface area contributed by atoms with Crippen LogP contribution in [-0.2, 0) is 9.53 Å². The van der Waals surface area contributed by atoms with Crippen LogP contribution in [0.1, 0.15) is 31.8 Å². The second kappa shape index (κ2) is 9.17. The van der Waals surface area contributed by atoms with Gasteiger partial charge in [-0.15, -0.1) is 0 Å². The Morgan fingerprint density at radius 3 is 2.14 bits per heavy atom. The molecule has 0 aliphatic heterocycles. The third-order valence-electron chi connectivity index (χ3n) is 4.17. The molecule has 6 heteroatoms. The first-order valence-electron chi connectivity index (χ1n) is 8.87. The molecule has 3 aromatic carbocycles. The van der Waals surface area contributed by atoms with Gasteiger partial charge in [-0.05, 0) is 49.4 Å². The smallest absolute Gasteiger partial charge is 0.339 e. The van der Waals surface area contributed by atoms with Gasteiger partial charge in [0.15, 0.2) is 12.4 Å². The molecular weight excluding hydrogens is 390 g/mol. The normalized spacial score (nSPS) is 10.3. The minimum Gasteiger partial charge on any atom is -0.452 e. The summed E-state index contributed by atoms with van der Waals surface area (Å²) in [4.78, 5) is 37.3. The fraction of sp³-hybridized carbons (Fsp3) is 0.0870. The van der Waals surface area contributed by atoms with E-state index in [9.17, 15) is 14.4 Å². The van der Waals surface area contributed by atoms with E-state index in [4.69, 9.17) is 16.3 Å². The largest absolute Gasteiger partial charge is 0.452 e. The van der Waals surface area contributed by atoms with Gasteiger partial charge < -0.3 is 10.1 Å². The van der Waals surface area contributed by atoms with E-state index in [0.29, 0.717) is 16.3 Å². The SMILES string of the molecule is Cc1ccc(NC(=O)COC(=O)c2ccccc2C(=O)c2ccc(Cl)cc2)cc1. The van der Waals surface area contributed by atoms with Crippen LogP contribution in [0.2, 0.25) is 5.02 Å². The number of nitrogens with one attached hydrogen (secondary N) is 1. The molecule has 0 atom stereocenters. The number of carbonyl (C=O) groups is 3. The maximum absolute atomic E-state index is 12.8. The number of amides is 1. The van der Waals surface area contributed by atoms with E-state index in [1.807, 2.05) is 19.1 Å². The summed E-state index contributed by atoms with van der Waals surface area (Å²) in [5.74, 6) is -1.55. The van der Waals surface area contributed by atoms with Gasteiger partial charge in [0.2, 0.25) is 0 Å². The van der Waals surface area contributed by atoms with Crippen LogP contribution in [0, 0.1) is 6.92 Å². The van der Waals surface area contributed by atoms with Crippen molar-refractivity contribution in [3.05, 3.63) is 100 Å². The molecule has 29 heavy (non-hydrogen) atoms. The zero-order chi connectivity index (χ0) is 20.8. The summed E-state index contributed by atoms with van der Waals surface area (Å²) in [5.41, 5.74) is 2.35. The van der Waals surface area contributed by atoms with Gasteiger partial charge in [0.25, 0.3) is 5.91 Å². The highest BCUT2D eigenvalue weighted by Crippen LogP contribution is 2.18. The molecule has 1 amide bonds. The van der Waals surface area contributed by atoms with Crippen LogP contribution in [0.3, 0.4) is 0 Å². The average molecular weight is 408 g/mol. The minimum absolute atomic E-state index is 0.0931. The van der Waals surface area contributed by atoms with Crippen molar-refractivity contribution in [1.82, 2.24) is 0 Å². The van der Waals surface area contributed by atoms with Crippen LogP contribution in [0.15, 0.2) is 72.8 Å². The highest BCUT2D eigenvalue weighted by atomic mass is 35.5. The van der Waals surface area contributed by atoms with Crippen molar-refractivity contribution < 1.29 is 19.1 Å². The Labute approximate surface area is 173 Å². The molecule has 5 nitrogen and oxygen atoms in total. The first-order chi connectivity index (χ1) is 13.9. The fourth-order valence-electron chi connectivity index (χ4n) is 2.66. The Kier molecular flexibility index (Phi) is 6.42. The molecule has 3 aromatic rings. The molecule has 0 aliphatic rings. The number of ether oxygens (including phenoxy) is 1. The molecule has 0 aromatic heterocycles. The van der Waals surface area contributed by atoms with Crippen LogP contribution in [0.5, 0.6) is 0 Å². The maximum Gasteiger partial charge on any atom is 0.339 e. The molecule has 0 saturated heterocycles. The molecule has 0 heterocycles. The third-order valence-corrected chi connectivity index (χ3v) is 4.42. The molecule has 3 rings (SSSR count). The number of hydrogen-bond acceptors (Lipinski definition) is 4. The second-order valence-corrected chi connectivity index (χ2v) is 6.81. The van der Waals surface area contributed by atoms with Crippen LogP contribution in [0.4, 0.5) is 5.69 Å². The first-order valence-corrected chi connectivity index (χ1v) is 9.25. The summed E-state index contributed by atoms with van der Waals surface area (Å²) < 4.78 is 5.11. The van der Waals surface area contributed by atoms with Crippen molar-refractivity contribution in [3.8, 4) is 0 Å². The second-order valence-electron chi connectivity index (χ2n) is 6.37. The molecule has 0 fully saturated rings. The minimum atomic E-state index is -0.748. The van der Waals surface area contributed by atoms with Gasteiger partial charge >= 0.3 is 5.97 Å². The highest BCUT2D eigenvalue weighted by Gasteiger charge is 2.20. The monoisotopic (exact) mass is 407 g/mol. The van der Waals surface area contributed by atoms with Crippen LogP contribution >= 0.6 is 11.6 Å². The summed E-state index contributed by atoms with van der Waals surface area (Å²) >= 11 is 5.86. The number of rotatable bonds is 6. The average Bonchev–Trinajstić information content (AvgIpc) is 2.74.